The molecule has 1 amide bonds. The molecule has 0 bridgehead atoms. The van der Waals surface area contributed by atoms with Crippen LogP contribution in [-0.4, -0.2) is 49.6 Å². The first-order valence-corrected chi connectivity index (χ1v) is 7.72. The number of nitrogens with zero attached hydrogens (tertiary/aromatic N) is 1. The molecule has 2 saturated heterocycles. The number of methoxy groups -OCH3 is 2. The Morgan fingerprint density at radius 2 is 1.79 bits per heavy atom. The average molecular weight is 333 g/mol. The Morgan fingerprint density at radius 3 is 2.38 bits per heavy atom. The van der Waals surface area contributed by atoms with Crippen molar-refractivity contribution in [2.75, 3.05) is 20.8 Å². The minimum Gasteiger partial charge on any atom is -0.468 e. The van der Waals surface area contributed by atoms with Crippen molar-refractivity contribution in [1.82, 2.24) is 4.90 Å². The Bertz CT molecular complexity index is 630. The quantitative estimate of drug-likeness (QED) is 0.601. The summed E-state index contributed by atoms with van der Waals surface area (Å²) in [7, 11) is 2.38. The number of benzene rings is 1. The molecule has 2 heterocycles. The Kier molecular flexibility index (Phi) is 4.53. The van der Waals surface area contributed by atoms with Crippen LogP contribution in [0.1, 0.15) is 18.2 Å². The number of hydrogen-bond donors (Lipinski definition) is 0. The lowest BCUT2D eigenvalue weighted by atomic mass is 9.89. The number of carbonyl (C=O) groups is 3. The van der Waals surface area contributed by atoms with Gasteiger partial charge in [0.15, 0.2) is 12.1 Å². The standard InChI is InChI=1S/C17H19NO6/c1-22-16(20)13(17(21)23-2)12-8-11-9-24-15(18(11)14(12)19)10-6-4-3-5-7-10/h3-7,11-13,15H,8-9H2,1-2H3/t11-,12-,15+/m0/s1. The van der Waals surface area contributed by atoms with E-state index < -0.39 is 30.0 Å². The molecule has 1 aromatic carbocycles. The van der Waals surface area contributed by atoms with E-state index in [1.54, 1.807) is 4.90 Å². The molecule has 0 N–H and O–H groups in total. The zero-order valence-corrected chi connectivity index (χ0v) is 13.5. The maximum Gasteiger partial charge on any atom is 0.320 e. The SMILES string of the molecule is COC(=O)C(C(=O)OC)[C@@H]1C[C@H]2CO[C@H](c3ccccc3)N2C1=O. The van der Waals surface area contributed by atoms with Gasteiger partial charge >= 0.3 is 11.9 Å². The van der Waals surface area contributed by atoms with E-state index in [-0.39, 0.29) is 11.9 Å². The smallest absolute Gasteiger partial charge is 0.320 e. The third-order valence-electron chi connectivity index (χ3n) is 4.59. The van der Waals surface area contributed by atoms with E-state index in [0.717, 1.165) is 5.56 Å². The predicted molar refractivity (Wildman–Crippen MR) is 81.4 cm³/mol. The minimum absolute atomic E-state index is 0.162. The third kappa shape index (κ3) is 2.65. The van der Waals surface area contributed by atoms with Crippen LogP contribution in [-0.2, 0) is 28.6 Å². The highest BCUT2D eigenvalue weighted by Crippen LogP contribution is 2.42. The van der Waals surface area contributed by atoms with E-state index in [2.05, 4.69) is 9.47 Å². The molecule has 24 heavy (non-hydrogen) atoms. The van der Waals surface area contributed by atoms with Crippen LogP contribution >= 0.6 is 0 Å². The third-order valence-corrected chi connectivity index (χ3v) is 4.59. The first-order chi connectivity index (χ1) is 11.6. The fraction of sp³-hybridized carbons (Fsp3) is 0.471. The van der Waals surface area contributed by atoms with Crippen LogP contribution in [0.3, 0.4) is 0 Å². The van der Waals surface area contributed by atoms with Gasteiger partial charge in [-0.15, -0.1) is 0 Å². The summed E-state index contributed by atoms with van der Waals surface area (Å²) in [5.74, 6) is -3.82. The first-order valence-electron chi connectivity index (χ1n) is 7.72. The van der Waals surface area contributed by atoms with Gasteiger partial charge in [0.2, 0.25) is 5.91 Å². The van der Waals surface area contributed by atoms with Crippen molar-refractivity contribution in [3.8, 4) is 0 Å². The molecule has 0 saturated carbocycles. The molecule has 0 aliphatic carbocycles. The van der Waals surface area contributed by atoms with Gasteiger partial charge in [0.25, 0.3) is 0 Å². The summed E-state index contributed by atoms with van der Waals surface area (Å²) in [6.07, 6.45) is -0.138. The molecular weight excluding hydrogens is 314 g/mol. The summed E-state index contributed by atoms with van der Waals surface area (Å²) in [6, 6.07) is 9.22. The Hall–Kier alpha value is -2.41. The van der Waals surface area contributed by atoms with Crippen LogP contribution in [0, 0.1) is 11.8 Å². The Morgan fingerprint density at radius 1 is 1.17 bits per heavy atom. The first kappa shape index (κ1) is 16.4. The van der Waals surface area contributed by atoms with Crippen molar-refractivity contribution in [2.24, 2.45) is 11.8 Å². The van der Waals surface area contributed by atoms with E-state index in [1.165, 1.54) is 14.2 Å². The molecule has 3 rings (SSSR count). The summed E-state index contributed by atoms with van der Waals surface area (Å²) < 4.78 is 15.1. The van der Waals surface area contributed by atoms with Crippen molar-refractivity contribution in [3.05, 3.63) is 35.9 Å². The van der Waals surface area contributed by atoms with E-state index >= 15 is 0 Å². The highest BCUT2D eigenvalue weighted by atomic mass is 16.5. The summed E-state index contributed by atoms with van der Waals surface area (Å²) in [5.41, 5.74) is 0.863. The zero-order valence-electron chi connectivity index (χ0n) is 13.5. The predicted octanol–water partition coefficient (Wildman–Crippen LogP) is 0.895. The summed E-state index contributed by atoms with van der Waals surface area (Å²) in [5, 5.41) is 0. The average Bonchev–Trinajstić information content (AvgIpc) is 3.16. The molecule has 2 fully saturated rings. The largest absolute Gasteiger partial charge is 0.468 e. The second-order valence-electron chi connectivity index (χ2n) is 5.86. The van der Waals surface area contributed by atoms with Crippen LogP contribution in [0.5, 0.6) is 0 Å². The normalized spacial score (nSPS) is 25.7. The summed E-state index contributed by atoms with van der Waals surface area (Å²) in [6.45, 7) is 0.372. The van der Waals surface area contributed by atoms with Gasteiger partial charge in [-0.2, -0.15) is 0 Å². The molecule has 0 unspecified atom stereocenters. The maximum absolute atomic E-state index is 12.9. The molecule has 2 aliphatic rings. The van der Waals surface area contributed by atoms with Gasteiger partial charge < -0.3 is 19.1 Å². The van der Waals surface area contributed by atoms with Gasteiger partial charge in [-0.05, 0) is 6.42 Å². The monoisotopic (exact) mass is 333 g/mol. The van der Waals surface area contributed by atoms with Crippen molar-refractivity contribution < 1.29 is 28.6 Å². The topological polar surface area (TPSA) is 82.1 Å². The molecule has 0 radical (unpaired) electrons. The Labute approximate surface area is 139 Å². The van der Waals surface area contributed by atoms with E-state index in [4.69, 9.17) is 4.74 Å². The second kappa shape index (κ2) is 6.60. The van der Waals surface area contributed by atoms with Crippen molar-refractivity contribution in [2.45, 2.75) is 18.7 Å². The van der Waals surface area contributed by atoms with Crippen LogP contribution in [0.15, 0.2) is 30.3 Å². The molecule has 128 valence electrons. The fourth-order valence-electron chi connectivity index (χ4n) is 3.45. The highest BCUT2D eigenvalue weighted by Gasteiger charge is 2.54. The zero-order chi connectivity index (χ0) is 17.3. The van der Waals surface area contributed by atoms with Gasteiger partial charge in [-0.25, -0.2) is 0 Å². The number of hydrogen-bond acceptors (Lipinski definition) is 6. The van der Waals surface area contributed by atoms with E-state index in [1.807, 2.05) is 30.3 Å². The van der Waals surface area contributed by atoms with Crippen LogP contribution < -0.4 is 0 Å². The van der Waals surface area contributed by atoms with Crippen LogP contribution in [0.4, 0.5) is 0 Å². The second-order valence-corrected chi connectivity index (χ2v) is 5.86. The van der Waals surface area contributed by atoms with Crippen LogP contribution in [0.25, 0.3) is 0 Å². The van der Waals surface area contributed by atoms with Crippen LogP contribution in [0.2, 0.25) is 0 Å². The van der Waals surface area contributed by atoms with Gasteiger partial charge in [0.05, 0.1) is 32.8 Å². The molecule has 7 heteroatoms. The molecule has 0 aromatic heterocycles. The Balaban J connectivity index is 1.86. The molecule has 3 atom stereocenters. The van der Waals surface area contributed by atoms with Gasteiger partial charge in [-0.3, -0.25) is 14.4 Å². The lowest BCUT2D eigenvalue weighted by Crippen LogP contribution is -2.39. The summed E-state index contributed by atoms with van der Waals surface area (Å²) >= 11 is 0. The van der Waals surface area contributed by atoms with E-state index in [0.29, 0.717) is 13.0 Å². The van der Waals surface area contributed by atoms with E-state index in [9.17, 15) is 14.4 Å². The lowest BCUT2D eigenvalue weighted by molar-refractivity contribution is -0.165. The number of fused-ring (bicyclic) bond motifs is 1. The number of amides is 1. The number of rotatable bonds is 4. The summed E-state index contributed by atoms with van der Waals surface area (Å²) in [4.78, 5) is 38.5. The number of ether oxygens (including phenoxy) is 3. The van der Waals surface area contributed by atoms with Gasteiger partial charge in [-0.1, -0.05) is 30.3 Å². The lowest BCUT2D eigenvalue weighted by Gasteiger charge is -2.24. The molecule has 1 aromatic rings. The minimum atomic E-state index is -1.24. The number of carbonyl (C=O) groups excluding carboxylic acids is 3. The van der Waals surface area contributed by atoms with Crippen molar-refractivity contribution in [3.63, 3.8) is 0 Å². The number of esters is 2. The fourth-order valence-corrected chi connectivity index (χ4v) is 3.45. The van der Waals surface area contributed by atoms with Crippen molar-refractivity contribution in [1.29, 1.82) is 0 Å². The molecule has 7 nitrogen and oxygen atoms in total. The molecular formula is C17H19NO6. The maximum atomic E-state index is 12.9. The highest BCUT2D eigenvalue weighted by molar-refractivity contribution is 6.00. The van der Waals surface area contributed by atoms with Gasteiger partial charge in [0, 0.05) is 5.56 Å². The van der Waals surface area contributed by atoms with Crippen molar-refractivity contribution >= 4 is 17.8 Å². The molecule has 0 spiro atoms. The molecule has 2 aliphatic heterocycles. The van der Waals surface area contributed by atoms with Gasteiger partial charge in [0.1, 0.15) is 0 Å².